The number of hydrogen-bond donors (Lipinski definition) is 1. The number of benzene rings is 3. The number of rotatable bonds is 5. The molecule has 172 valence electrons. The van der Waals surface area contributed by atoms with Crippen molar-refractivity contribution in [2.24, 2.45) is 0 Å². The van der Waals surface area contributed by atoms with Gasteiger partial charge in [-0.1, -0.05) is 24.3 Å². The van der Waals surface area contributed by atoms with Gasteiger partial charge in [0.25, 0.3) is 0 Å². The van der Waals surface area contributed by atoms with Crippen molar-refractivity contribution in [3.05, 3.63) is 90.3 Å². The van der Waals surface area contributed by atoms with Gasteiger partial charge in [-0.25, -0.2) is 15.2 Å². The van der Waals surface area contributed by atoms with E-state index in [1.807, 2.05) is 36.4 Å². The van der Waals surface area contributed by atoms with E-state index in [4.69, 9.17) is 4.74 Å². The van der Waals surface area contributed by atoms with E-state index in [0.717, 1.165) is 16.3 Å². The monoisotopic (exact) mass is 466 g/mol. The minimum atomic E-state index is -4.81. The van der Waals surface area contributed by atoms with Crippen molar-refractivity contribution in [3.8, 4) is 11.5 Å². The molecule has 1 aromatic heterocycles. The Balaban J connectivity index is 1.61. The van der Waals surface area contributed by atoms with Gasteiger partial charge in [-0.15, -0.1) is 17.8 Å². The Labute approximate surface area is 192 Å². The van der Waals surface area contributed by atoms with Gasteiger partial charge in [0.1, 0.15) is 23.7 Å². The van der Waals surface area contributed by atoms with Gasteiger partial charge in [0.05, 0.1) is 7.11 Å². The smallest absolute Gasteiger partial charge is 0.497 e. The molecule has 0 saturated carbocycles. The van der Waals surface area contributed by atoms with E-state index in [9.17, 15) is 18.0 Å². The molecule has 0 aliphatic carbocycles. The molecule has 2 heterocycles. The maximum absolute atomic E-state index is 13.8. The molecule has 9 heteroatoms. The van der Waals surface area contributed by atoms with Crippen LogP contribution in [-0.2, 0) is 6.54 Å². The molecule has 0 bridgehead atoms. The first-order valence-electron chi connectivity index (χ1n) is 10.4. The lowest BCUT2D eigenvalue weighted by Gasteiger charge is -2.30. The highest BCUT2D eigenvalue weighted by Gasteiger charge is 2.50. The standard InChI is InChI=1S/C25H18F3N3O3/c1-33-19-10-6-16(7-11-19)15-31(18-8-12-20(13-9-18)34-25(26,27)28)24(32)23-22(30-31)21-5-3-2-4-17(21)14-29-23/h2-14H,15H2,1H3/p+1. The molecule has 1 amide bonds. The summed E-state index contributed by atoms with van der Waals surface area (Å²) in [7, 11) is 1.56. The van der Waals surface area contributed by atoms with Gasteiger partial charge < -0.3 is 9.47 Å². The fraction of sp³-hybridized carbons (Fsp3) is 0.120. The third-order valence-electron chi connectivity index (χ3n) is 5.74. The van der Waals surface area contributed by atoms with E-state index in [1.54, 1.807) is 25.4 Å². The number of aromatic nitrogens is 1. The van der Waals surface area contributed by atoms with Crippen LogP contribution in [-0.4, -0.2) is 24.4 Å². The van der Waals surface area contributed by atoms with Crippen LogP contribution in [0.1, 0.15) is 16.1 Å². The summed E-state index contributed by atoms with van der Waals surface area (Å²) in [6.07, 6.45) is -3.17. The maximum atomic E-state index is 13.8. The summed E-state index contributed by atoms with van der Waals surface area (Å²) in [5, 5.41) is 1.69. The second-order valence-corrected chi connectivity index (χ2v) is 7.84. The first-order valence-corrected chi connectivity index (χ1v) is 10.4. The minimum absolute atomic E-state index is 0.187. The summed E-state index contributed by atoms with van der Waals surface area (Å²) in [6.45, 7) is 0.187. The lowest BCUT2D eigenvalue weighted by Crippen LogP contribution is -2.53. The van der Waals surface area contributed by atoms with Gasteiger partial charge in [0.15, 0.2) is 11.4 Å². The molecule has 5 rings (SSSR count). The number of anilines is 1. The SMILES string of the molecule is COc1ccc(C[N+]2(c3ccc(OC(F)(F)F)cc3)Nc3c(ncc4ccccc34)C2=O)cc1. The second kappa shape index (κ2) is 8.03. The number of carbonyl (C=O) groups excluding carboxylic acids is 1. The number of amides is 1. The summed E-state index contributed by atoms with van der Waals surface area (Å²) in [5.74, 6) is -0.0201. The lowest BCUT2D eigenvalue weighted by atomic mass is 10.1. The second-order valence-electron chi connectivity index (χ2n) is 7.84. The van der Waals surface area contributed by atoms with Crippen LogP contribution in [0.2, 0.25) is 0 Å². The molecular weight excluding hydrogens is 447 g/mol. The van der Waals surface area contributed by atoms with Crippen LogP contribution >= 0.6 is 0 Å². The molecule has 4 aromatic rings. The molecule has 0 saturated heterocycles. The lowest BCUT2D eigenvalue weighted by molar-refractivity contribution is -0.274. The third kappa shape index (κ3) is 3.80. The number of pyridine rings is 1. The van der Waals surface area contributed by atoms with E-state index in [1.165, 1.54) is 24.3 Å². The van der Waals surface area contributed by atoms with Gasteiger partial charge in [-0.3, -0.25) is 0 Å². The molecular formula is C25H19F3N3O3+. The Morgan fingerprint density at radius 1 is 0.941 bits per heavy atom. The van der Waals surface area contributed by atoms with Gasteiger partial charge in [-0.2, -0.15) is 0 Å². The minimum Gasteiger partial charge on any atom is -0.497 e. The number of halogens is 3. The Hall–Kier alpha value is -4.11. The Bertz CT molecular complexity index is 1370. The maximum Gasteiger partial charge on any atom is 0.573 e. The average Bonchev–Trinajstić information content (AvgIpc) is 3.12. The van der Waals surface area contributed by atoms with Gasteiger partial charge in [0, 0.05) is 34.7 Å². The predicted molar refractivity (Wildman–Crippen MR) is 121 cm³/mol. The Kier molecular flexibility index (Phi) is 5.13. The van der Waals surface area contributed by atoms with Crippen molar-refractivity contribution in [2.75, 3.05) is 12.5 Å². The number of hydrogen-bond acceptors (Lipinski definition) is 5. The third-order valence-corrected chi connectivity index (χ3v) is 5.74. The van der Waals surface area contributed by atoms with E-state index >= 15 is 0 Å². The topological polar surface area (TPSA) is 60.5 Å². The summed E-state index contributed by atoms with van der Waals surface area (Å²) in [4.78, 5) is 18.2. The van der Waals surface area contributed by atoms with Crippen LogP contribution in [0, 0.1) is 0 Å². The number of ether oxygens (including phenoxy) is 2. The summed E-state index contributed by atoms with van der Waals surface area (Å²) < 4.78 is 46.8. The first kappa shape index (κ1) is 21.7. The summed E-state index contributed by atoms with van der Waals surface area (Å²) in [5.41, 5.74) is 5.43. The molecule has 1 atom stereocenters. The van der Waals surface area contributed by atoms with Crippen molar-refractivity contribution >= 4 is 28.1 Å². The van der Waals surface area contributed by atoms with Gasteiger partial charge in [0.2, 0.25) is 0 Å². The first-order chi connectivity index (χ1) is 16.3. The highest BCUT2D eigenvalue weighted by Crippen LogP contribution is 2.41. The van der Waals surface area contributed by atoms with E-state index < -0.39 is 6.36 Å². The number of nitrogens with zero attached hydrogens (tertiary/aromatic N) is 2. The number of quaternary nitrogens is 1. The number of fused-ring (bicyclic) bond motifs is 3. The quantitative estimate of drug-likeness (QED) is 0.375. The highest BCUT2D eigenvalue weighted by molar-refractivity contribution is 6.15. The molecule has 6 nitrogen and oxygen atoms in total. The van der Waals surface area contributed by atoms with Crippen molar-refractivity contribution in [3.63, 3.8) is 0 Å². The molecule has 0 fully saturated rings. The number of alkyl halides is 3. The summed E-state index contributed by atoms with van der Waals surface area (Å²) in [6, 6.07) is 20.1. The van der Waals surface area contributed by atoms with Crippen LogP contribution < -0.4 is 19.5 Å². The van der Waals surface area contributed by atoms with E-state index in [-0.39, 0.29) is 28.5 Å². The van der Waals surface area contributed by atoms with Crippen molar-refractivity contribution < 1.29 is 27.4 Å². The van der Waals surface area contributed by atoms with Crippen LogP contribution in [0.4, 0.5) is 24.5 Å². The van der Waals surface area contributed by atoms with Crippen LogP contribution in [0.5, 0.6) is 11.5 Å². The van der Waals surface area contributed by atoms with Crippen molar-refractivity contribution in [1.82, 2.24) is 9.58 Å². The molecule has 1 aliphatic rings. The number of carbonyl (C=O) groups is 1. The molecule has 1 N–H and O–H groups in total. The number of nitrogens with one attached hydrogen (secondary N) is 1. The molecule has 1 aliphatic heterocycles. The molecule has 1 unspecified atom stereocenters. The zero-order valence-corrected chi connectivity index (χ0v) is 18.0. The summed E-state index contributed by atoms with van der Waals surface area (Å²) >= 11 is 0. The molecule has 34 heavy (non-hydrogen) atoms. The normalized spacial score (nSPS) is 17.4. The molecule has 3 aromatic carbocycles. The predicted octanol–water partition coefficient (Wildman–Crippen LogP) is 5.83. The van der Waals surface area contributed by atoms with Gasteiger partial charge in [-0.05, 0) is 36.4 Å². The number of methoxy groups -OCH3 is 1. The molecule has 0 radical (unpaired) electrons. The van der Waals surface area contributed by atoms with Crippen LogP contribution in [0.25, 0.3) is 10.8 Å². The van der Waals surface area contributed by atoms with Crippen LogP contribution in [0.15, 0.2) is 79.0 Å². The Morgan fingerprint density at radius 3 is 2.29 bits per heavy atom. The Morgan fingerprint density at radius 2 is 1.62 bits per heavy atom. The highest BCUT2D eigenvalue weighted by atomic mass is 19.4. The van der Waals surface area contributed by atoms with E-state index in [0.29, 0.717) is 17.1 Å². The zero-order valence-electron chi connectivity index (χ0n) is 18.0. The molecule has 0 spiro atoms. The van der Waals surface area contributed by atoms with E-state index in [2.05, 4.69) is 15.1 Å². The zero-order chi connectivity index (χ0) is 23.9. The van der Waals surface area contributed by atoms with Crippen molar-refractivity contribution in [2.45, 2.75) is 12.9 Å². The van der Waals surface area contributed by atoms with Crippen LogP contribution in [0.3, 0.4) is 0 Å². The average molecular weight is 466 g/mol. The van der Waals surface area contributed by atoms with Crippen molar-refractivity contribution in [1.29, 1.82) is 0 Å². The fourth-order valence-corrected chi connectivity index (χ4v) is 4.15. The fourth-order valence-electron chi connectivity index (χ4n) is 4.15. The van der Waals surface area contributed by atoms with Gasteiger partial charge >= 0.3 is 12.3 Å². The largest absolute Gasteiger partial charge is 0.573 e.